The third kappa shape index (κ3) is 16.3. The molecule has 0 aliphatic rings. The fraction of sp³-hybridized carbons (Fsp3) is 0.875. The molecule has 1 atom stereocenters. The van der Waals surface area contributed by atoms with E-state index in [1.807, 2.05) is 0 Å². The van der Waals surface area contributed by atoms with Crippen LogP contribution in [0.2, 0.25) is 0 Å². The predicted octanol–water partition coefficient (Wildman–Crippen LogP) is 2.60. The minimum atomic E-state index is -1.08. The molecule has 0 aromatic carbocycles. The molecule has 5 nitrogen and oxygen atoms in total. The van der Waals surface area contributed by atoms with Gasteiger partial charge in [-0.25, -0.2) is 0 Å². The van der Waals surface area contributed by atoms with E-state index >= 15 is 0 Å². The molecule has 126 valence electrons. The van der Waals surface area contributed by atoms with Gasteiger partial charge in [-0.3, -0.25) is 9.59 Å². The number of carboxylic acid groups (broad SMARTS) is 1. The quantitative estimate of drug-likeness (QED) is 0.291. The van der Waals surface area contributed by atoms with Crippen LogP contribution in [0.4, 0.5) is 0 Å². The minimum absolute atomic E-state index is 0. The Morgan fingerprint density at radius 3 is 1.86 bits per heavy atom. The Morgan fingerprint density at radius 2 is 1.41 bits per heavy atom. The number of ether oxygens (including phenoxy) is 1. The molecular formula is C16H32NNaO4. The number of nitrogens with two attached hydrogens (primary N) is 1. The Kier molecular flexibility index (Phi) is 18.9. The van der Waals surface area contributed by atoms with Gasteiger partial charge in [-0.15, -0.1) is 0 Å². The molecule has 0 rings (SSSR count). The molecule has 22 heavy (non-hydrogen) atoms. The Labute approximate surface area is 156 Å². The molecule has 0 unspecified atom stereocenters. The topological polar surface area (TPSA) is 89.6 Å². The van der Waals surface area contributed by atoms with Crippen LogP contribution in [0.3, 0.4) is 0 Å². The van der Waals surface area contributed by atoms with Crippen molar-refractivity contribution in [2.45, 2.75) is 83.6 Å². The van der Waals surface area contributed by atoms with Crippen LogP contribution in [0.1, 0.15) is 77.6 Å². The second kappa shape index (κ2) is 17.3. The summed E-state index contributed by atoms with van der Waals surface area (Å²) in [5.41, 5.74) is 5.39. The predicted molar refractivity (Wildman–Crippen MR) is 90.2 cm³/mol. The molecule has 0 aliphatic carbocycles. The molecule has 0 heterocycles. The van der Waals surface area contributed by atoms with Crippen molar-refractivity contribution < 1.29 is 19.4 Å². The Balaban J connectivity index is 0. The fourth-order valence-corrected chi connectivity index (χ4v) is 2.14. The first-order valence-corrected chi connectivity index (χ1v) is 8.22. The zero-order chi connectivity index (χ0) is 15.9. The first kappa shape index (κ1) is 24.2. The third-order valence-electron chi connectivity index (χ3n) is 3.44. The molecule has 0 spiro atoms. The fourth-order valence-electron chi connectivity index (χ4n) is 2.14. The van der Waals surface area contributed by atoms with Gasteiger partial charge >= 0.3 is 41.5 Å². The Hall–Kier alpha value is -0.100. The monoisotopic (exact) mass is 325 g/mol. The van der Waals surface area contributed by atoms with Gasteiger partial charge in [0.1, 0.15) is 6.04 Å². The van der Waals surface area contributed by atoms with E-state index in [1.165, 1.54) is 44.9 Å². The number of hydrogen-bond acceptors (Lipinski definition) is 4. The number of hydrogen-bond donors (Lipinski definition) is 2. The normalized spacial score (nSPS) is 11.5. The summed E-state index contributed by atoms with van der Waals surface area (Å²) in [7, 11) is 0. The van der Waals surface area contributed by atoms with Crippen molar-refractivity contribution in [1.29, 1.82) is 0 Å². The average Bonchev–Trinajstić information content (AvgIpc) is 2.43. The maximum atomic E-state index is 11.3. The number of unbranched alkanes of at least 4 members (excludes halogenated alkanes) is 9. The van der Waals surface area contributed by atoms with Crippen LogP contribution in [0.5, 0.6) is 0 Å². The summed E-state index contributed by atoms with van der Waals surface area (Å²) < 4.78 is 4.95. The van der Waals surface area contributed by atoms with E-state index in [4.69, 9.17) is 15.6 Å². The third-order valence-corrected chi connectivity index (χ3v) is 3.44. The standard InChI is InChI=1S/C16H31NO4.Na.H/c1-2-3-4-5-6-7-8-9-10-11-12-21-16(20)14(17)13-15(18)19;;/h14H,2-13,17H2,1H3,(H,18,19);;/t14-;;/m0../s1. The molecule has 0 fully saturated rings. The van der Waals surface area contributed by atoms with Gasteiger partial charge in [0, 0.05) is 0 Å². The summed E-state index contributed by atoms with van der Waals surface area (Å²) >= 11 is 0. The number of carbonyl (C=O) groups is 2. The first-order chi connectivity index (χ1) is 10.1. The summed E-state index contributed by atoms with van der Waals surface area (Å²) in [5.74, 6) is -1.70. The van der Waals surface area contributed by atoms with Gasteiger partial charge in [0.05, 0.1) is 13.0 Å². The van der Waals surface area contributed by atoms with Crippen molar-refractivity contribution >= 4 is 41.5 Å². The van der Waals surface area contributed by atoms with Crippen molar-refractivity contribution in [3.63, 3.8) is 0 Å². The van der Waals surface area contributed by atoms with Gasteiger partial charge in [0.25, 0.3) is 0 Å². The van der Waals surface area contributed by atoms with Gasteiger partial charge in [0.15, 0.2) is 0 Å². The number of esters is 1. The van der Waals surface area contributed by atoms with Crippen LogP contribution in [0.25, 0.3) is 0 Å². The van der Waals surface area contributed by atoms with E-state index in [1.54, 1.807) is 0 Å². The van der Waals surface area contributed by atoms with Crippen molar-refractivity contribution in [3.05, 3.63) is 0 Å². The van der Waals surface area contributed by atoms with Crippen LogP contribution < -0.4 is 5.73 Å². The average molecular weight is 325 g/mol. The molecule has 0 radical (unpaired) electrons. The molecule has 0 aromatic heterocycles. The maximum absolute atomic E-state index is 11.3. The molecule has 0 aliphatic heterocycles. The van der Waals surface area contributed by atoms with Crippen LogP contribution >= 0.6 is 0 Å². The van der Waals surface area contributed by atoms with Crippen molar-refractivity contribution in [3.8, 4) is 0 Å². The van der Waals surface area contributed by atoms with E-state index < -0.39 is 18.0 Å². The summed E-state index contributed by atoms with van der Waals surface area (Å²) in [6, 6.07) is -1.05. The van der Waals surface area contributed by atoms with Crippen molar-refractivity contribution in [1.82, 2.24) is 0 Å². The molecule has 0 amide bonds. The van der Waals surface area contributed by atoms with E-state index in [9.17, 15) is 9.59 Å². The van der Waals surface area contributed by atoms with Crippen molar-refractivity contribution in [2.75, 3.05) is 6.61 Å². The molecule has 0 saturated heterocycles. The van der Waals surface area contributed by atoms with Crippen LogP contribution in [-0.4, -0.2) is 59.3 Å². The van der Waals surface area contributed by atoms with Gasteiger partial charge in [-0.05, 0) is 6.42 Å². The Morgan fingerprint density at radius 1 is 0.955 bits per heavy atom. The Bertz CT molecular complexity index is 287. The van der Waals surface area contributed by atoms with Crippen molar-refractivity contribution in [2.24, 2.45) is 5.73 Å². The van der Waals surface area contributed by atoms with Crippen LogP contribution in [0, 0.1) is 0 Å². The van der Waals surface area contributed by atoms with E-state index in [0.29, 0.717) is 6.61 Å². The van der Waals surface area contributed by atoms with Crippen LogP contribution in [0.15, 0.2) is 0 Å². The first-order valence-electron chi connectivity index (χ1n) is 8.22. The van der Waals surface area contributed by atoms with E-state index in [0.717, 1.165) is 19.3 Å². The molecule has 0 saturated carbocycles. The molecular weight excluding hydrogens is 293 g/mol. The van der Waals surface area contributed by atoms with Gasteiger partial charge in [0.2, 0.25) is 0 Å². The number of carbonyl (C=O) groups excluding carboxylic acids is 1. The summed E-state index contributed by atoms with van der Waals surface area (Å²) in [6.07, 6.45) is 11.8. The number of rotatable bonds is 14. The summed E-state index contributed by atoms with van der Waals surface area (Å²) in [5, 5.41) is 8.51. The molecule has 0 aromatic rings. The summed E-state index contributed by atoms with van der Waals surface area (Å²) in [4.78, 5) is 21.7. The molecule has 0 bridgehead atoms. The number of aliphatic carboxylic acids is 1. The number of carboxylic acids is 1. The van der Waals surface area contributed by atoms with Crippen LogP contribution in [-0.2, 0) is 14.3 Å². The summed E-state index contributed by atoms with van der Waals surface area (Å²) in [6.45, 7) is 2.56. The zero-order valence-electron chi connectivity index (χ0n) is 13.3. The van der Waals surface area contributed by atoms with E-state index in [2.05, 4.69) is 6.92 Å². The zero-order valence-corrected chi connectivity index (χ0v) is 13.3. The van der Waals surface area contributed by atoms with E-state index in [-0.39, 0.29) is 36.0 Å². The van der Waals surface area contributed by atoms with Gasteiger partial charge in [-0.1, -0.05) is 64.7 Å². The second-order valence-electron chi connectivity index (χ2n) is 5.55. The van der Waals surface area contributed by atoms with Gasteiger partial charge in [-0.2, -0.15) is 0 Å². The van der Waals surface area contributed by atoms with Gasteiger partial charge < -0.3 is 15.6 Å². The molecule has 6 heteroatoms. The SMILES string of the molecule is CCCCCCCCCCCCOC(=O)[C@@H](N)CC(=O)O.[NaH]. The second-order valence-corrected chi connectivity index (χ2v) is 5.55. The molecule has 3 N–H and O–H groups in total.